The Bertz CT molecular complexity index is 546. The fourth-order valence-electron chi connectivity index (χ4n) is 1.81. The predicted molar refractivity (Wildman–Crippen MR) is 67.2 cm³/mol. The molecular formula is C14H14FNO3. The molecule has 2 rings (SSSR count). The van der Waals surface area contributed by atoms with Crippen LogP contribution in [0.2, 0.25) is 0 Å². The SMILES string of the molecule is CCN(Cc1ccoc1)C(=O)c1c(O)cccc1F. The Morgan fingerprint density at radius 3 is 2.79 bits per heavy atom. The molecular weight excluding hydrogens is 249 g/mol. The van der Waals surface area contributed by atoms with Gasteiger partial charge in [0.05, 0.1) is 12.5 Å². The number of rotatable bonds is 4. The van der Waals surface area contributed by atoms with Crippen LogP contribution in [0.4, 0.5) is 4.39 Å². The van der Waals surface area contributed by atoms with Crippen molar-refractivity contribution in [3.8, 4) is 5.75 Å². The number of furan rings is 1. The van der Waals surface area contributed by atoms with Crippen molar-refractivity contribution >= 4 is 5.91 Å². The number of amides is 1. The molecule has 0 aliphatic rings. The molecule has 0 bridgehead atoms. The largest absolute Gasteiger partial charge is 0.507 e. The van der Waals surface area contributed by atoms with Crippen LogP contribution in [0.15, 0.2) is 41.2 Å². The van der Waals surface area contributed by atoms with Gasteiger partial charge in [0, 0.05) is 18.7 Å². The van der Waals surface area contributed by atoms with Crippen LogP contribution in [0, 0.1) is 5.82 Å². The average Bonchev–Trinajstić information content (AvgIpc) is 2.88. The summed E-state index contributed by atoms with van der Waals surface area (Å²) in [6.45, 7) is 2.49. The van der Waals surface area contributed by atoms with Crippen LogP contribution in [-0.2, 0) is 6.54 Å². The minimum absolute atomic E-state index is 0.298. The number of nitrogens with zero attached hydrogens (tertiary/aromatic N) is 1. The van der Waals surface area contributed by atoms with E-state index >= 15 is 0 Å². The topological polar surface area (TPSA) is 53.7 Å². The van der Waals surface area contributed by atoms with Crippen LogP contribution < -0.4 is 0 Å². The van der Waals surface area contributed by atoms with Crippen molar-refractivity contribution in [1.29, 1.82) is 0 Å². The van der Waals surface area contributed by atoms with E-state index in [9.17, 15) is 14.3 Å². The van der Waals surface area contributed by atoms with E-state index < -0.39 is 11.7 Å². The Morgan fingerprint density at radius 1 is 1.42 bits per heavy atom. The molecule has 1 aromatic heterocycles. The fourth-order valence-corrected chi connectivity index (χ4v) is 1.81. The second kappa shape index (κ2) is 5.56. The zero-order chi connectivity index (χ0) is 13.8. The molecule has 0 saturated heterocycles. The number of phenolic OH excluding ortho intramolecular Hbond substituents is 1. The van der Waals surface area contributed by atoms with E-state index in [1.54, 1.807) is 13.0 Å². The number of phenols is 1. The third-order valence-electron chi connectivity index (χ3n) is 2.83. The number of hydrogen-bond donors (Lipinski definition) is 1. The maximum Gasteiger partial charge on any atom is 0.260 e. The Hall–Kier alpha value is -2.30. The number of halogens is 1. The second-order valence-corrected chi connectivity index (χ2v) is 4.08. The van der Waals surface area contributed by atoms with Gasteiger partial charge >= 0.3 is 0 Å². The first kappa shape index (κ1) is 13.1. The van der Waals surface area contributed by atoms with Crippen molar-refractivity contribution in [3.63, 3.8) is 0 Å². The van der Waals surface area contributed by atoms with Gasteiger partial charge in [-0.2, -0.15) is 0 Å². The summed E-state index contributed by atoms with van der Waals surface area (Å²) in [6, 6.07) is 5.53. The number of hydrogen-bond acceptors (Lipinski definition) is 3. The zero-order valence-electron chi connectivity index (χ0n) is 10.5. The van der Waals surface area contributed by atoms with E-state index in [2.05, 4.69) is 0 Å². The first-order valence-corrected chi connectivity index (χ1v) is 5.91. The second-order valence-electron chi connectivity index (χ2n) is 4.08. The highest BCUT2D eigenvalue weighted by Gasteiger charge is 2.22. The van der Waals surface area contributed by atoms with Gasteiger partial charge in [0.2, 0.25) is 0 Å². The highest BCUT2D eigenvalue weighted by atomic mass is 19.1. The van der Waals surface area contributed by atoms with Crippen molar-refractivity contribution in [2.24, 2.45) is 0 Å². The molecule has 0 unspecified atom stereocenters. The number of carbonyl (C=O) groups is 1. The normalized spacial score (nSPS) is 10.4. The van der Waals surface area contributed by atoms with Crippen molar-refractivity contribution in [3.05, 3.63) is 53.7 Å². The Morgan fingerprint density at radius 2 is 2.21 bits per heavy atom. The lowest BCUT2D eigenvalue weighted by molar-refractivity contribution is 0.0744. The molecule has 4 nitrogen and oxygen atoms in total. The highest BCUT2D eigenvalue weighted by Crippen LogP contribution is 2.22. The fraction of sp³-hybridized carbons (Fsp3) is 0.214. The summed E-state index contributed by atoms with van der Waals surface area (Å²) in [7, 11) is 0. The van der Waals surface area contributed by atoms with Gasteiger partial charge < -0.3 is 14.4 Å². The van der Waals surface area contributed by atoms with E-state index in [0.717, 1.165) is 11.6 Å². The van der Waals surface area contributed by atoms with Gasteiger partial charge in [-0.05, 0) is 25.1 Å². The summed E-state index contributed by atoms with van der Waals surface area (Å²) in [6.07, 6.45) is 3.03. The lowest BCUT2D eigenvalue weighted by atomic mass is 10.1. The average molecular weight is 263 g/mol. The molecule has 0 atom stereocenters. The van der Waals surface area contributed by atoms with Gasteiger partial charge in [0.25, 0.3) is 5.91 Å². The minimum Gasteiger partial charge on any atom is -0.507 e. The summed E-state index contributed by atoms with van der Waals surface area (Å²) in [5.74, 6) is -1.62. The van der Waals surface area contributed by atoms with Gasteiger partial charge in [-0.15, -0.1) is 0 Å². The monoisotopic (exact) mass is 263 g/mol. The van der Waals surface area contributed by atoms with E-state index in [1.807, 2.05) is 0 Å². The molecule has 5 heteroatoms. The summed E-state index contributed by atoms with van der Waals surface area (Å²) < 4.78 is 18.6. The van der Waals surface area contributed by atoms with Gasteiger partial charge in [0.15, 0.2) is 0 Å². The molecule has 1 amide bonds. The molecule has 2 aromatic rings. The van der Waals surface area contributed by atoms with Crippen LogP contribution in [-0.4, -0.2) is 22.5 Å². The molecule has 0 spiro atoms. The van der Waals surface area contributed by atoms with E-state index in [1.165, 1.54) is 29.6 Å². The molecule has 1 heterocycles. The quantitative estimate of drug-likeness (QED) is 0.922. The molecule has 1 aromatic carbocycles. The van der Waals surface area contributed by atoms with Crippen molar-refractivity contribution in [2.75, 3.05) is 6.54 Å². The molecule has 0 radical (unpaired) electrons. The van der Waals surface area contributed by atoms with E-state index in [4.69, 9.17) is 4.42 Å². The van der Waals surface area contributed by atoms with Gasteiger partial charge in [-0.1, -0.05) is 6.07 Å². The smallest absolute Gasteiger partial charge is 0.260 e. The van der Waals surface area contributed by atoms with Gasteiger partial charge in [0.1, 0.15) is 17.1 Å². The maximum absolute atomic E-state index is 13.7. The Labute approximate surface area is 110 Å². The molecule has 0 saturated carbocycles. The van der Waals surface area contributed by atoms with Crippen molar-refractivity contribution in [1.82, 2.24) is 4.90 Å². The van der Waals surface area contributed by atoms with E-state index in [0.29, 0.717) is 13.1 Å². The molecule has 0 aliphatic carbocycles. The summed E-state index contributed by atoms with van der Waals surface area (Å²) in [5, 5.41) is 9.63. The highest BCUT2D eigenvalue weighted by molar-refractivity contribution is 5.97. The molecule has 19 heavy (non-hydrogen) atoms. The molecule has 100 valence electrons. The third kappa shape index (κ3) is 2.76. The summed E-state index contributed by atoms with van der Waals surface area (Å²) in [4.78, 5) is 13.7. The number of carbonyl (C=O) groups excluding carboxylic acids is 1. The molecule has 0 fully saturated rings. The minimum atomic E-state index is -0.726. The van der Waals surface area contributed by atoms with Crippen LogP contribution >= 0.6 is 0 Å². The number of aromatic hydroxyl groups is 1. The first-order valence-electron chi connectivity index (χ1n) is 5.91. The van der Waals surface area contributed by atoms with Crippen LogP contribution in [0.1, 0.15) is 22.8 Å². The van der Waals surface area contributed by atoms with Crippen molar-refractivity contribution < 1.29 is 18.7 Å². The predicted octanol–water partition coefficient (Wildman–Crippen LogP) is 2.79. The lowest BCUT2D eigenvalue weighted by Crippen LogP contribution is -2.30. The Balaban J connectivity index is 2.26. The Kier molecular flexibility index (Phi) is 3.85. The van der Waals surface area contributed by atoms with Crippen LogP contribution in [0.25, 0.3) is 0 Å². The van der Waals surface area contributed by atoms with Crippen LogP contribution in [0.5, 0.6) is 5.75 Å². The zero-order valence-corrected chi connectivity index (χ0v) is 10.5. The van der Waals surface area contributed by atoms with Gasteiger partial charge in [-0.25, -0.2) is 4.39 Å². The molecule has 0 aliphatic heterocycles. The maximum atomic E-state index is 13.7. The van der Waals surface area contributed by atoms with Gasteiger partial charge in [-0.3, -0.25) is 4.79 Å². The lowest BCUT2D eigenvalue weighted by Gasteiger charge is -2.20. The van der Waals surface area contributed by atoms with Crippen molar-refractivity contribution in [2.45, 2.75) is 13.5 Å². The number of benzene rings is 1. The van der Waals surface area contributed by atoms with E-state index in [-0.39, 0.29) is 11.3 Å². The summed E-state index contributed by atoms with van der Waals surface area (Å²) in [5.41, 5.74) is 0.513. The standard InChI is InChI=1S/C14H14FNO3/c1-2-16(8-10-6-7-19-9-10)14(18)13-11(15)4-3-5-12(13)17/h3-7,9,17H,2,8H2,1H3. The first-order chi connectivity index (χ1) is 9.13. The molecule has 1 N–H and O–H groups in total. The third-order valence-corrected chi connectivity index (χ3v) is 2.83. The van der Waals surface area contributed by atoms with Crippen LogP contribution in [0.3, 0.4) is 0 Å². The summed E-state index contributed by atoms with van der Waals surface area (Å²) >= 11 is 0.